The highest BCUT2D eigenvalue weighted by molar-refractivity contribution is 9.10. The minimum Gasteiger partial charge on any atom is -0.380 e. The number of nitrogens with one attached hydrogen (secondary N) is 1. The fourth-order valence-corrected chi connectivity index (χ4v) is 2.95. The van der Waals surface area contributed by atoms with Crippen molar-refractivity contribution in [3.05, 3.63) is 22.7 Å². The summed E-state index contributed by atoms with van der Waals surface area (Å²) in [5.74, 6) is 0. The molecule has 1 aromatic carbocycles. The molecule has 1 N–H and O–H groups in total. The summed E-state index contributed by atoms with van der Waals surface area (Å²) < 4.78 is 6.88. The maximum Gasteiger partial charge on any atom is 0.0646 e. The van der Waals surface area contributed by atoms with Crippen LogP contribution in [0.25, 0.3) is 0 Å². The molecule has 0 saturated carbocycles. The van der Waals surface area contributed by atoms with Gasteiger partial charge in [0.25, 0.3) is 0 Å². The van der Waals surface area contributed by atoms with Gasteiger partial charge < -0.3 is 15.0 Å². The van der Waals surface area contributed by atoms with Crippen molar-refractivity contribution in [1.29, 1.82) is 0 Å². The summed E-state index contributed by atoms with van der Waals surface area (Å²) in [7, 11) is 4.14. The molecule has 19 heavy (non-hydrogen) atoms. The topological polar surface area (TPSA) is 24.5 Å². The third-order valence-corrected chi connectivity index (χ3v) is 3.99. The fraction of sp³-hybridized carbons (Fsp3) is 0.600. The maximum absolute atomic E-state index is 5.77. The van der Waals surface area contributed by atoms with E-state index in [4.69, 9.17) is 4.74 Å². The lowest BCUT2D eigenvalue weighted by atomic mass is 9.93. The lowest BCUT2D eigenvalue weighted by Crippen LogP contribution is -2.40. The molecule has 0 aromatic heterocycles. The zero-order chi connectivity index (χ0) is 14.0. The van der Waals surface area contributed by atoms with Crippen LogP contribution in [0.5, 0.6) is 0 Å². The van der Waals surface area contributed by atoms with Crippen molar-refractivity contribution < 1.29 is 4.74 Å². The van der Waals surface area contributed by atoms with E-state index in [1.54, 1.807) is 0 Å². The average Bonchev–Trinajstić information content (AvgIpc) is 2.27. The number of anilines is 2. The van der Waals surface area contributed by atoms with E-state index in [1.807, 2.05) is 0 Å². The fourth-order valence-electron chi connectivity index (χ4n) is 2.59. The monoisotopic (exact) mass is 326 g/mol. The van der Waals surface area contributed by atoms with E-state index in [0.717, 1.165) is 23.9 Å². The van der Waals surface area contributed by atoms with Crippen LogP contribution >= 0.6 is 15.9 Å². The van der Waals surface area contributed by atoms with Crippen molar-refractivity contribution in [2.75, 3.05) is 30.9 Å². The number of halogens is 1. The lowest BCUT2D eigenvalue weighted by molar-refractivity contribution is -0.0553. The molecular formula is C15H23BrN2O. The van der Waals surface area contributed by atoms with Gasteiger partial charge >= 0.3 is 0 Å². The second-order valence-corrected chi connectivity index (χ2v) is 6.91. The van der Waals surface area contributed by atoms with Crippen LogP contribution in [-0.4, -0.2) is 32.3 Å². The standard InChI is InChI=1S/C15H23BrN2O/c1-15(2)10-12(7-8-19-15)17-13-9-11(16)5-6-14(13)18(3)4/h5-6,9,12,17H,7-8,10H2,1-4H3. The van der Waals surface area contributed by atoms with Gasteiger partial charge in [0, 0.05) is 31.2 Å². The molecule has 2 rings (SSSR count). The van der Waals surface area contributed by atoms with Crippen LogP contribution < -0.4 is 10.2 Å². The number of nitrogens with zero attached hydrogens (tertiary/aromatic N) is 1. The molecule has 1 atom stereocenters. The largest absolute Gasteiger partial charge is 0.380 e. The molecule has 1 aliphatic heterocycles. The molecule has 0 radical (unpaired) electrons. The maximum atomic E-state index is 5.77. The van der Waals surface area contributed by atoms with Crippen LogP contribution in [0, 0.1) is 0 Å². The third-order valence-electron chi connectivity index (χ3n) is 3.50. The number of benzene rings is 1. The second kappa shape index (κ2) is 5.71. The van der Waals surface area contributed by atoms with Crippen LogP contribution in [0.1, 0.15) is 26.7 Å². The first-order chi connectivity index (χ1) is 8.87. The number of hydrogen-bond donors (Lipinski definition) is 1. The number of ether oxygens (including phenoxy) is 1. The second-order valence-electron chi connectivity index (χ2n) is 6.00. The minimum absolute atomic E-state index is 0.0276. The van der Waals surface area contributed by atoms with Gasteiger partial charge in [-0.3, -0.25) is 0 Å². The molecular weight excluding hydrogens is 304 g/mol. The minimum atomic E-state index is -0.0276. The molecule has 1 unspecified atom stereocenters. The van der Waals surface area contributed by atoms with Gasteiger partial charge in [-0.15, -0.1) is 0 Å². The van der Waals surface area contributed by atoms with Crippen LogP contribution in [0.3, 0.4) is 0 Å². The summed E-state index contributed by atoms with van der Waals surface area (Å²) in [5.41, 5.74) is 2.37. The van der Waals surface area contributed by atoms with E-state index in [9.17, 15) is 0 Å². The highest BCUT2D eigenvalue weighted by Gasteiger charge is 2.29. The first-order valence-corrected chi connectivity index (χ1v) is 7.54. The van der Waals surface area contributed by atoms with Gasteiger partial charge in [-0.25, -0.2) is 0 Å². The summed E-state index contributed by atoms with van der Waals surface area (Å²) in [6.45, 7) is 5.15. The summed E-state index contributed by atoms with van der Waals surface area (Å²) >= 11 is 3.55. The highest BCUT2D eigenvalue weighted by atomic mass is 79.9. The molecule has 0 bridgehead atoms. The molecule has 106 valence electrons. The van der Waals surface area contributed by atoms with Gasteiger partial charge in [-0.05, 0) is 44.9 Å². The van der Waals surface area contributed by atoms with Gasteiger partial charge in [0.2, 0.25) is 0 Å². The van der Waals surface area contributed by atoms with E-state index < -0.39 is 0 Å². The van der Waals surface area contributed by atoms with Crippen LogP contribution in [0.2, 0.25) is 0 Å². The van der Waals surface area contributed by atoms with Gasteiger partial charge in [0.15, 0.2) is 0 Å². The lowest BCUT2D eigenvalue weighted by Gasteiger charge is -2.36. The SMILES string of the molecule is CN(C)c1ccc(Br)cc1NC1CCOC(C)(C)C1. The molecule has 1 fully saturated rings. The zero-order valence-corrected chi connectivity index (χ0v) is 13.8. The average molecular weight is 327 g/mol. The van der Waals surface area contributed by atoms with Crippen LogP contribution in [0.4, 0.5) is 11.4 Å². The Morgan fingerprint density at radius 1 is 1.37 bits per heavy atom. The molecule has 4 heteroatoms. The van der Waals surface area contributed by atoms with Crippen molar-refractivity contribution >= 4 is 27.3 Å². The molecule has 0 amide bonds. The summed E-state index contributed by atoms with van der Waals surface area (Å²) in [6.07, 6.45) is 2.09. The first-order valence-electron chi connectivity index (χ1n) is 6.75. The van der Waals surface area contributed by atoms with Crippen molar-refractivity contribution in [3.63, 3.8) is 0 Å². The Hall–Kier alpha value is -0.740. The van der Waals surface area contributed by atoms with Gasteiger partial charge in [-0.1, -0.05) is 15.9 Å². The Balaban J connectivity index is 2.16. The molecule has 1 aliphatic rings. The highest BCUT2D eigenvalue weighted by Crippen LogP contribution is 2.32. The van der Waals surface area contributed by atoms with Crippen LogP contribution in [0.15, 0.2) is 22.7 Å². The predicted octanol–water partition coefficient (Wildman–Crippen LogP) is 3.88. The van der Waals surface area contributed by atoms with E-state index in [2.05, 4.69) is 72.3 Å². The Kier molecular flexibility index (Phi) is 4.41. The molecule has 1 saturated heterocycles. The summed E-state index contributed by atoms with van der Waals surface area (Å²) in [5, 5.41) is 3.68. The third kappa shape index (κ3) is 3.86. The summed E-state index contributed by atoms with van der Waals surface area (Å²) in [6, 6.07) is 6.83. The Labute approximate surface area is 124 Å². The van der Waals surface area contributed by atoms with Crippen molar-refractivity contribution in [1.82, 2.24) is 0 Å². The van der Waals surface area contributed by atoms with Crippen molar-refractivity contribution in [2.24, 2.45) is 0 Å². The van der Waals surface area contributed by atoms with Crippen molar-refractivity contribution in [2.45, 2.75) is 38.3 Å². The normalized spacial score (nSPS) is 22.1. The zero-order valence-electron chi connectivity index (χ0n) is 12.2. The first kappa shape index (κ1) is 14.7. The predicted molar refractivity (Wildman–Crippen MR) is 85.1 cm³/mol. The van der Waals surface area contributed by atoms with Gasteiger partial charge in [-0.2, -0.15) is 0 Å². The van der Waals surface area contributed by atoms with E-state index >= 15 is 0 Å². The van der Waals surface area contributed by atoms with Gasteiger partial charge in [0.05, 0.1) is 17.0 Å². The van der Waals surface area contributed by atoms with Gasteiger partial charge in [0.1, 0.15) is 0 Å². The smallest absolute Gasteiger partial charge is 0.0646 e. The number of hydrogen-bond acceptors (Lipinski definition) is 3. The molecule has 1 heterocycles. The Bertz CT molecular complexity index is 446. The molecule has 0 aliphatic carbocycles. The Morgan fingerprint density at radius 2 is 2.11 bits per heavy atom. The van der Waals surface area contributed by atoms with E-state index in [0.29, 0.717) is 6.04 Å². The number of rotatable bonds is 3. The molecule has 3 nitrogen and oxygen atoms in total. The molecule has 0 spiro atoms. The van der Waals surface area contributed by atoms with Crippen LogP contribution in [-0.2, 0) is 4.74 Å². The molecule has 1 aromatic rings. The Morgan fingerprint density at radius 3 is 2.74 bits per heavy atom. The van der Waals surface area contributed by atoms with Crippen molar-refractivity contribution in [3.8, 4) is 0 Å². The van der Waals surface area contributed by atoms with E-state index in [1.165, 1.54) is 11.4 Å². The van der Waals surface area contributed by atoms with E-state index in [-0.39, 0.29) is 5.60 Å². The summed E-state index contributed by atoms with van der Waals surface area (Å²) in [4.78, 5) is 2.14. The quantitative estimate of drug-likeness (QED) is 0.912.